The predicted octanol–water partition coefficient (Wildman–Crippen LogP) is 2.19. The van der Waals surface area contributed by atoms with E-state index < -0.39 is 0 Å². The number of pyridine rings is 1. The molecule has 0 saturated heterocycles. The number of hydrogen-bond donors (Lipinski definition) is 0. The molecule has 0 bridgehead atoms. The lowest BCUT2D eigenvalue weighted by atomic mass is 10.3. The second-order valence-corrected chi connectivity index (χ2v) is 3.28. The molecule has 1 rings (SSSR count). The normalized spacial score (nSPS) is 10.7. The summed E-state index contributed by atoms with van der Waals surface area (Å²) in [6, 6.07) is 1.95. The maximum atomic E-state index is 5.79. The number of hydrogen-bond acceptors (Lipinski definition) is 2. The van der Waals surface area contributed by atoms with Crippen LogP contribution in [0.3, 0.4) is 0 Å². The van der Waals surface area contributed by atoms with E-state index in [0.29, 0.717) is 5.02 Å². The summed E-state index contributed by atoms with van der Waals surface area (Å²) < 4.78 is 0. The monoisotopic (exact) mass is 184 g/mol. The van der Waals surface area contributed by atoms with E-state index in [1.54, 1.807) is 6.20 Å². The Bertz CT molecular complexity index is 250. The van der Waals surface area contributed by atoms with E-state index in [0.717, 1.165) is 18.7 Å². The Morgan fingerprint density at radius 3 is 2.83 bits per heavy atom. The SMILES string of the molecule is CCN(C)Cc1cncc(Cl)c1. The van der Waals surface area contributed by atoms with E-state index in [-0.39, 0.29) is 0 Å². The van der Waals surface area contributed by atoms with Gasteiger partial charge in [-0.2, -0.15) is 0 Å². The fraction of sp³-hybridized carbons (Fsp3) is 0.444. The first-order chi connectivity index (χ1) is 5.72. The molecule has 0 radical (unpaired) electrons. The molecule has 3 heteroatoms. The Kier molecular flexibility index (Phi) is 3.50. The molecular formula is C9H13ClN2. The highest BCUT2D eigenvalue weighted by molar-refractivity contribution is 6.30. The van der Waals surface area contributed by atoms with E-state index in [4.69, 9.17) is 11.6 Å². The smallest absolute Gasteiger partial charge is 0.0592 e. The van der Waals surface area contributed by atoms with Crippen molar-refractivity contribution in [1.82, 2.24) is 9.88 Å². The van der Waals surface area contributed by atoms with Crippen molar-refractivity contribution in [2.24, 2.45) is 0 Å². The van der Waals surface area contributed by atoms with Crippen LogP contribution in [0.15, 0.2) is 18.5 Å². The van der Waals surface area contributed by atoms with Crippen molar-refractivity contribution in [3.05, 3.63) is 29.0 Å². The Morgan fingerprint density at radius 2 is 2.25 bits per heavy atom. The first-order valence-electron chi connectivity index (χ1n) is 4.00. The van der Waals surface area contributed by atoms with Gasteiger partial charge in [0.05, 0.1) is 5.02 Å². The van der Waals surface area contributed by atoms with Crippen LogP contribution in [0, 0.1) is 0 Å². The standard InChI is InChI=1S/C9H13ClN2/c1-3-12(2)7-8-4-9(10)6-11-5-8/h4-6H,3,7H2,1-2H3. The predicted molar refractivity (Wildman–Crippen MR) is 51.3 cm³/mol. The van der Waals surface area contributed by atoms with Crippen LogP contribution in [0.25, 0.3) is 0 Å². The highest BCUT2D eigenvalue weighted by Crippen LogP contribution is 2.09. The fourth-order valence-corrected chi connectivity index (χ4v) is 1.16. The Morgan fingerprint density at radius 1 is 1.50 bits per heavy atom. The van der Waals surface area contributed by atoms with Crippen LogP contribution in [-0.2, 0) is 6.54 Å². The molecule has 1 aromatic heterocycles. The van der Waals surface area contributed by atoms with Gasteiger partial charge in [0.2, 0.25) is 0 Å². The van der Waals surface area contributed by atoms with Gasteiger partial charge in [-0.25, -0.2) is 0 Å². The van der Waals surface area contributed by atoms with Gasteiger partial charge in [0.1, 0.15) is 0 Å². The van der Waals surface area contributed by atoms with Crippen molar-refractivity contribution in [2.45, 2.75) is 13.5 Å². The minimum Gasteiger partial charge on any atom is -0.302 e. The lowest BCUT2D eigenvalue weighted by molar-refractivity contribution is 0.345. The Labute approximate surface area is 78.2 Å². The van der Waals surface area contributed by atoms with Crippen LogP contribution >= 0.6 is 11.6 Å². The van der Waals surface area contributed by atoms with Crippen molar-refractivity contribution in [3.63, 3.8) is 0 Å². The van der Waals surface area contributed by atoms with Gasteiger partial charge in [0, 0.05) is 18.9 Å². The molecule has 0 N–H and O–H groups in total. The Hall–Kier alpha value is -0.600. The van der Waals surface area contributed by atoms with Gasteiger partial charge in [-0.15, -0.1) is 0 Å². The van der Waals surface area contributed by atoms with E-state index >= 15 is 0 Å². The second-order valence-electron chi connectivity index (χ2n) is 2.84. The van der Waals surface area contributed by atoms with Gasteiger partial charge < -0.3 is 4.90 Å². The summed E-state index contributed by atoms with van der Waals surface area (Å²) in [6.45, 7) is 4.06. The number of rotatable bonds is 3. The topological polar surface area (TPSA) is 16.1 Å². The number of halogens is 1. The largest absolute Gasteiger partial charge is 0.302 e. The third-order valence-corrected chi connectivity index (χ3v) is 1.96. The van der Waals surface area contributed by atoms with Crippen LogP contribution in [0.2, 0.25) is 5.02 Å². The van der Waals surface area contributed by atoms with Gasteiger partial charge in [-0.1, -0.05) is 18.5 Å². The van der Waals surface area contributed by atoms with E-state index in [2.05, 4.69) is 23.9 Å². The van der Waals surface area contributed by atoms with E-state index in [1.165, 1.54) is 0 Å². The van der Waals surface area contributed by atoms with Gasteiger partial charge in [-0.05, 0) is 25.2 Å². The first kappa shape index (κ1) is 9.49. The second kappa shape index (κ2) is 4.43. The molecule has 12 heavy (non-hydrogen) atoms. The average Bonchev–Trinajstić information content (AvgIpc) is 2.04. The van der Waals surface area contributed by atoms with Crippen LogP contribution in [0.1, 0.15) is 12.5 Å². The van der Waals surface area contributed by atoms with E-state index in [1.807, 2.05) is 12.3 Å². The zero-order valence-corrected chi connectivity index (χ0v) is 8.17. The fourth-order valence-electron chi connectivity index (χ4n) is 0.966. The molecule has 0 atom stereocenters. The number of nitrogens with zero attached hydrogens (tertiary/aromatic N) is 2. The summed E-state index contributed by atoms with van der Waals surface area (Å²) in [4.78, 5) is 6.21. The minimum atomic E-state index is 0.706. The molecule has 2 nitrogen and oxygen atoms in total. The summed E-state index contributed by atoms with van der Waals surface area (Å²) in [5, 5.41) is 0.706. The molecule has 66 valence electrons. The molecule has 0 aliphatic heterocycles. The molecule has 1 heterocycles. The van der Waals surface area contributed by atoms with Crippen molar-refractivity contribution < 1.29 is 0 Å². The van der Waals surface area contributed by atoms with Crippen molar-refractivity contribution >= 4 is 11.6 Å². The molecule has 0 fully saturated rings. The molecule has 1 aromatic rings. The lowest BCUT2D eigenvalue weighted by Gasteiger charge is -2.12. The summed E-state index contributed by atoms with van der Waals surface area (Å²) in [7, 11) is 2.07. The first-order valence-corrected chi connectivity index (χ1v) is 4.38. The Balaban J connectivity index is 2.63. The molecule has 0 aliphatic carbocycles. The maximum Gasteiger partial charge on any atom is 0.0592 e. The van der Waals surface area contributed by atoms with Crippen molar-refractivity contribution in [3.8, 4) is 0 Å². The van der Waals surface area contributed by atoms with Crippen molar-refractivity contribution in [1.29, 1.82) is 0 Å². The van der Waals surface area contributed by atoms with Crippen LogP contribution in [0.4, 0.5) is 0 Å². The molecule has 0 spiro atoms. The maximum absolute atomic E-state index is 5.79. The van der Waals surface area contributed by atoms with Crippen LogP contribution in [0.5, 0.6) is 0 Å². The van der Waals surface area contributed by atoms with Gasteiger partial charge in [-0.3, -0.25) is 4.98 Å². The van der Waals surface area contributed by atoms with Gasteiger partial charge >= 0.3 is 0 Å². The molecular weight excluding hydrogens is 172 g/mol. The third kappa shape index (κ3) is 2.80. The minimum absolute atomic E-state index is 0.706. The highest BCUT2D eigenvalue weighted by Gasteiger charge is 1.98. The summed E-state index contributed by atoms with van der Waals surface area (Å²) in [5.41, 5.74) is 1.16. The summed E-state index contributed by atoms with van der Waals surface area (Å²) in [5.74, 6) is 0. The molecule has 0 saturated carbocycles. The third-order valence-electron chi connectivity index (χ3n) is 1.75. The van der Waals surface area contributed by atoms with Crippen LogP contribution < -0.4 is 0 Å². The summed E-state index contributed by atoms with van der Waals surface area (Å²) >= 11 is 5.79. The quantitative estimate of drug-likeness (QED) is 0.716. The highest BCUT2D eigenvalue weighted by atomic mass is 35.5. The molecule has 0 unspecified atom stereocenters. The zero-order valence-electron chi connectivity index (χ0n) is 7.42. The van der Waals surface area contributed by atoms with Crippen molar-refractivity contribution in [2.75, 3.05) is 13.6 Å². The molecule has 0 aliphatic rings. The van der Waals surface area contributed by atoms with Gasteiger partial charge in [0.15, 0.2) is 0 Å². The summed E-state index contributed by atoms with van der Waals surface area (Å²) in [6.07, 6.45) is 3.50. The van der Waals surface area contributed by atoms with E-state index in [9.17, 15) is 0 Å². The lowest BCUT2D eigenvalue weighted by Crippen LogP contribution is -2.16. The van der Waals surface area contributed by atoms with Crippen LogP contribution in [-0.4, -0.2) is 23.5 Å². The average molecular weight is 185 g/mol. The zero-order chi connectivity index (χ0) is 8.97. The number of aromatic nitrogens is 1. The molecule has 0 aromatic carbocycles. The molecule has 0 amide bonds. The van der Waals surface area contributed by atoms with Gasteiger partial charge in [0.25, 0.3) is 0 Å².